The van der Waals surface area contributed by atoms with Gasteiger partial charge in [-0.1, -0.05) is 104 Å². The molecule has 1 unspecified atom stereocenters. The molecule has 3 aromatic carbocycles. The van der Waals surface area contributed by atoms with Gasteiger partial charge >= 0.3 is 0 Å². The SMILES string of the molecule is O=C1CCCCCC1n1cc(-c2ccccc2)c(-c2ccccc2)c1-c1ccccc1. The molecule has 1 aliphatic carbocycles. The number of benzene rings is 3. The number of nitrogens with zero attached hydrogens (tertiary/aromatic N) is 1. The van der Waals surface area contributed by atoms with Crippen molar-refractivity contribution in [2.24, 2.45) is 0 Å². The molecule has 1 aliphatic rings. The number of hydrogen-bond donors (Lipinski definition) is 0. The maximum Gasteiger partial charge on any atom is 0.155 e. The number of ketones is 1. The van der Waals surface area contributed by atoms with E-state index in [4.69, 9.17) is 0 Å². The van der Waals surface area contributed by atoms with Crippen molar-refractivity contribution in [1.82, 2.24) is 4.57 Å². The Kier molecular flexibility index (Phi) is 5.54. The molecule has 0 N–H and O–H groups in total. The van der Waals surface area contributed by atoms with Gasteiger partial charge in [0.1, 0.15) is 0 Å². The van der Waals surface area contributed by atoms with Crippen molar-refractivity contribution < 1.29 is 4.79 Å². The Morgan fingerprint density at radius 1 is 0.645 bits per heavy atom. The molecule has 154 valence electrons. The van der Waals surface area contributed by atoms with Gasteiger partial charge in [0.05, 0.1) is 11.7 Å². The number of rotatable bonds is 4. The van der Waals surface area contributed by atoms with Crippen molar-refractivity contribution in [2.45, 2.75) is 38.1 Å². The normalized spacial score (nSPS) is 16.8. The molecule has 1 heterocycles. The van der Waals surface area contributed by atoms with Crippen molar-refractivity contribution >= 4 is 5.78 Å². The molecule has 2 heteroatoms. The minimum atomic E-state index is -0.0994. The first-order chi connectivity index (χ1) is 15.3. The van der Waals surface area contributed by atoms with Crippen molar-refractivity contribution in [3.8, 4) is 33.5 Å². The lowest BCUT2D eigenvalue weighted by atomic mass is 9.94. The molecule has 0 bridgehead atoms. The van der Waals surface area contributed by atoms with Gasteiger partial charge in [0.2, 0.25) is 0 Å². The second-order valence-corrected chi connectivity index (χ2v) is 8.35. The summed E-state index contributed by atoms with van der Waals surface area (Å²) in [5.74, 6) is 0.365. The number of aromatic nitrogens is 1. The first-order valence-electron chi connectivity index (χ1n) is 11.3. The van der Waals surface area contributed by atoms with E-state index in [9.17, 15) is 4.79 Å². The molecule has 0 saturated heterocycles. The molecule has 4 aromatic rings. The van der Waals surface area contributed by atoms with Crippen LogP contribution in [0.4, 0.5) is 0 Å². The molecule has 0 aliphatic heterocycles. The van der Waals surface area contributed by atoms with Crippen LogP contribution < -0.4 is 0 Å². The highest BCUT2D eigenvalue weighted by Crippen LogP contribution is 2.44. The average Bonchev–Trinajstić information content (AvgIpc) is 3.10. The van der Waals surface area contributed by atoms with Crippen LogP contribution in [-0.4, -0.2) is 10.4 Å². The van der Waals surface area contributed by atoms with Crippen LogP contribution in [0, 0.1) is 0 Å². The van der Waals surface area contributed by atoms with E-state index in [0.717, 1.165) is 36.9 Å². The Balaban J connectivity index is 1.82. The van der Waals surface area contributed by atoms with E-state index < -0.39 is 0 Å². The largest absolute Gasteiger partial charge is 0.336 e. The second-order valence-electron chi connectivity index (χ2n) is 8.35. The molecule has 2 nitrogen and oxygen atoms in total. The third-order valence-corrected chi connectivity index (χ3v) is 6.34. The minimum absolute atomic E-state index is 0.0994. The molecular formula is C29H27NO. The molecule has 31 heavy (non-hydrogen) atoms. The van der Waals surface area contributed by atoms with E-state index in [1.54, 1.807) is 0 Å². The predicted octanol–water partition coefficient (Wildman–Crippen LogP) is 7.56. The zero-order valence-electron chi connectivity index (χ0n) is 17.7. The molecule has 0 amide bonds. The Bertz CT molecular complexity index is 1160. The topological polar surface area (TPSA) is 22.0 Å². The van der Waals surface area contributed by atoms with E-state index in [1.165, 1.54) is 22.3 Å². The number of carbonyl (C=O) groups excluding carboxylic acids is 1. The zero-order chi connectivity index (χ0) is 21.0. The lowest BCUT2D eigenvalue weighted by Gasteiger charge is -2.20. The predicted molar refractivity (Wildman–Crippen MR) is 128 cm³/mol. The van der Waals surface area contributed by atoms with E-state index in [1.807, 2.05) is 6.07 Å². The van der Waals surface area contributed by atoms with Gasteiger partial charge in [-0.2, -0.15) is 0 Å². The molecule has 1 aromatic heterocycles. The first kappa shape index (κ1) is 19.6. The fraction of sp³-hybridized carbons (Fsp3) is 0.207. The quantitative estimate of drug-likeness (QED) is 0.321. The molecule has 0 spiro atoms. The summed E-state index contributed by atoms with van der Waals surface area (Å²) < 4.78 is 2.29. The van der Waals surface area contributed by atoms with Crippen LogP contribution in [0.2, 0.25) is 0 Å². The Morgan fingerprint density at radius 3 is 1.87 bits per heavy atom. The Morgan fingerprint density at radius 2 is 1.23 bits per heavy atom. The van der Waals surface area contributed by atoms with Crippen LogP contribution in [0.1, 0.15) is 38.1 Å². The monoisotopic (exact) mass is 405 g/mol. The summed E-state index contributed by atoms with van der Waals surface area (Å²) in [7, 11) is 0. The van der Waals surface area contributed by atoms with Crippen LogP contribution in [0.15, 0.2) is 97.2 Å². The van der Waals surface area contributed by atoms with Gasteiger partial charge in [-0.15, -0.1) is 0 Å². The van der Waals surface area contributed by atoms with Gasteiger partial charge in [-0.25, -0.2) is 0 Å². The van der Waals surface area contributed by atoms with Crippen molar-refractivity contribution in [1.29, 1.82) is 0 Å². The van der Waals surface area contributed by atoms with Gasteiger partial charge in [0, 0.05) is 23.7 Å². The van der Waals surface area contributed by atoms with Gasteiger partial charge in [0.15, 0.2) is 5.78 Å². The van der Waals surface area contributed by atoms with Crippen molar-refractivity contribution in [2.75, 3.05) is 0 Å². The van der Waals surface area contributed by atoms with Crippen LogP contribution in [-0.2, 0) is 4.79 Å². The van der Waals surface area contributed by atoms with E-state index in [-0.39, 0.29) is 6.04 Å². The average molecular weight is 406 g/mol. The third-order valence-electron chi connectivity index (χ3n) is 6.34. The van der Waals surface area contributed by atoms with Crippen LogP contribution in [0.3, 0.4) is 0 Å². The fourth-order valence-electron chi connectivity index (χ4n) is 4.83. The maximum atomic E-state index is 13.2. The van der Waals surface area contributed by atoms with Gasteiger partial charge in [-0.3, -0.25) is 4.79 Å². The molecule has 5 rings (SSSR count). The maximum absolute atomic E-state index is 13.2. The summed E-state index contributed by atoms with van der Waals surface area (Å²) in [5.41, 5.74) is 7.04. The van der Waals surface area contributed by atoms with E-state index in [2.05, 4.69) is 95.7 Å². The highest BCUT2D eigenvalue weighted by Gasteiger charge is 2.28. The van der Waals surface area contributed by atoms with Gasteiger partial charge < -0.3 is 4.57 Å². The smallest absolute Gasteiger partial charge is 0.155 e. The van der Waals surface area contributed by atoms with Crippen molar-refractivity contribution in [3.05, 3.63) is 97.2 Å². The van der Waals surface area contributed by atoms with Crippen LogP contribution >= 0.6 is 0 Å². The fourth-order valence-corrected chi connectivity index (χ4v) is 4.83. The van der Waals surface area contributed by atoms with Gasteiger partial charge in [-0.05, 0) is 29.5 Å². The summed E-state index contributed by atoms with van der Waals surface area (Å²) in [4.78, 5) is 13.2. The highest BCUT2D eigenvalue weighted by atomic mass is 16.1. The first-order valence-corrected chi connectivity index (χ1v) is 11.3. The lowest BCUT2D eigenvalue weighted by molar-refractivity contribution is -0.122. The summed E-state index contributed by atoms with van der Waals surface area (Å²) >= 11 is 0. The molecular weight excluding hydrogens is 378 g/mol. The van der Waals surface area contributed by atoms with E-state index >= 15 is 0 Å². The summed E-state index contributed by atoms with van der Waals surface area (Å²) in [6.07, 6.45) is 7.07. The van der Waals surface area contributed by atoms with Crippen molar-refractivity contribution in [3.63, 3.8) is 0 Å². The number of carbonyl (C=O) groups is 1. The highest BCUT2D eigenvalue weighted by molar-refractivity contribution is 5.95. The standard InChI is InChI=1S/C29H27NO/c31-27-20-12-4-11-19-26(27)30-21-25(22-13-5-1-6-14-22)28(23-15-7-2-8-16-23)29(30)24-17-9-3-10-18-24/h1-3,5-10,13-18,21,26H,4,11-12,19-20H2. The Hall–Kier alpha value is -3.39. The second kappa shape index (κ2) is 8.77. The number of hydrogen-bond acceptors (Lipinski definition) is 1. The van der Waals surface area contributed by atoms with Crippen LogP contribution in [0.5, 0.6) is 0 Å². The zero-order valence-corrected chi connectivity index (χ0v) is 17.7. The Labute approximate surface area is 184 Å². The molecule has 1 saturated carbocycles. The van der Waals surface area contributed by atoms with Gasteiger partial charge in [0.25, 0.3) is 0 Å². The summed E-state index contributed by atoms with van der Waals surface area (Å²) in [6, 6.07) is 31.6. The molecule has 0 radical (unpaired) electrons. The summed E-state index contributed by atoms with van der Waals surface area (Å²) in [6.45, 7) is 0. The van der Waals surface area contributed by atoms with Crippen LogP contribution in [0.25, 0.3) is 33.5 Å². The third kappa shape index (κ3) is 3.86. The lowest BCUT2D eigenvalue weighted by Crippen LogP contribution is -2.18. The number of Topliss-reactive ketones (excluding diaryl/α,β-unsaturated/α-hetero) is 1. The summed E-state index contributed by atoms with van der Waals surface area (Å²) in [5, 5.41) is 0. The molecule has 1 fully saturated rings. The minimum Gasteiger partial charge on any atom is -0.336 e. The molecule has 1 atom stereocenters. The van der Waals surface area contributed by atoms with E-state index in [0.29, 0.717) is 12.2 Å².